The second-order valence-electron chi connectivity index (χ2n) is 2.50. The molecule has 4 heteroatoms. The van der Waals surface area contributed by atoms with Gasteiger partial charge in [0.1, 0.15) is 0 Å². The molecule has 62 valence electrons. The normalized spacial score (nSPS) is 11.4. The Bertz CT molecular complexity index is 177. The third-order valence-corrected chi connectivity index (χ3v) is 2.77. The van der Waals surface area contributed by atoms with Gasteiger partial charge in [0.25, 0.3) is 0 Å². The molecule has 0 saturated carbocycles. The van der Waals surface area contributed by atoms with Gasteiger partial charge in [-0.3, -0.25) is 0 Å². The van der Waals surface area contributed by atoms with Gasteiger partial charge < -0.3 is 8.99 Å². The average molecular weight is 170 g/mol. The van der Waals surface area contributed by atoms with Crippen LogP contribution in [-0.4, -0.2) is 26.4 Å². The topological polar surface area (TPSA) is 27.1 Å². The summed E-state index contributed by atoms with van der Waals surface area (Å²) in [6.07, 6.45) is 6.88. The molecule has 0 bridgehead atoms. The zero-order valence-electron chi connectivity index (χ0n) is 6.86. The largest absolute Gasteiger partial charge is 0.427 e. The van der Waals surface area contributed by atoms with Gasteiger partial charge in [-0.15, -0.1) is 0 Å². The first kappa shape index (κ1) is 8.48. The SMILES string of the molecule is CO[SiH2]CCCn1ccnc1. The Labute approximate surface area is 69.3 Å². The number of hydrogen-bond acceptors (Lipinski definition) is 2. The Morgan fingerprint density at radius 2 is 2.55 bits per heavy atom. The minimum absolute atomic E-state index is 0.211. The average Bonchev–Trinajstić information content (AvgIpc) is 2.50. The monoisotopic (exact) mass is 170 g/mol. The second kappa shape index (κ2) is 5.09. The van der Waals surface area contributed by atoms with Crippen molar-refractivity contribution >= 4 is 9.76 Å². The summed E-state index contributed by atoms with van der Waals surface area (Å²) in [5.74, 6) is 0. The molecular formula is C7H14N2OSi. The molecule has 0 N–H and O–H groups in total. The maximum Gasteiger partial charge on any atom is 0.161 e. The third-order valence-electron chi connectivity index (χ3n) is 1.57. The molecule has 1 rings (SSSR count). The van der Waals surface area contributed by atoms with Crippen molar-refractivity contribution in [1.29, 1.82) is 0 Å². The molecule has 0 aromatic carbocycles. The number of rotatable bonds is 5. The van der Waals surface area contributed by atoms with Crippen LogP contribution >= 0.6 is 0 Å². The van der Waals surface area contributed by atoms with E-state index in [1.165, 1.54) is 12.5 Å². The van der Waals surface area contributed by atoms with E-state index in [1.54, 1.807) is 7.11 Å². The summed E-state index contributed by atoms with van der Waals surface area (Å²) < 4.78 is 7.18. The van der Waals surface area contributed by atoms with Crippen molar-refractivity contribution in [3.63, 3.8) is 0 Å². The van der Waals surface area contributed by atoms with E-state index in [1.807, 2.05) is 18.7 Å². The summed E-state index contributed by atoms with van der Waals surface area (Å²) in [6, 6.07) is 1.26. The van der Waals surface area contributed by atoms with Gasteiger partial charge in [0, 0.05) is 26.0 Å². The molecule has 0 saturated heterocycles. The first-order chi connectivity index (χ1) is 5.43. The maximum absolute atomic E-state index is 5.08. The van der Waals surface area contributed by atoms with Crippen LogP contribution in [0.4, 0.5) is 0 Å². The summed E-state index contributed by atoms with van der Waals surface area (Å²) in [5, 5.41) is 0. The van der Waals surface area contributed by atoms with Gasteiger partial charge in [0.05, 0.1) is 6.33 Å². The summed E-state index contributed by atoms with van der Waals surface area (Å²) in [4.78, 5) is 3.96. The molecular weight excluding hydrogens is 156 g/mol. The molecule has 0 radical (unpaired) electrons. The highest BCUT2D eigenvalue weighted by atomic mass is 28.2. The minimum atomic E-state index is -0.211. The maximum atomic E-state index is 5.08. The van der Waals surface area contributed by atoms with E-state index in [0.717, 1.165) is 6.54 Å². The quantitative estimate of drug-likeness (QED) is 0.473. The lowest BCUT2D eigenvalue weighted by Gasteiger charge is -1.99. The summed E-state index contributed by atoms with van der Waals surface area (Å²) in [6.45, 7) is 1.08. The highest BCUT2D eigenvalue weighted by Gasteiger charge is 1.90. The van der Waals surface area contributed by atoms with Crippen LogP contribution in [-0.2, 0) is 11.0 Å². The van der Waals surface area contributed by atoms with Crippen molar-refractivity contribution in [2.24, 2.45) is 0 Å². The highest BCUT2D eigenvalue weighted by molar-refractivity contribution is 6.26. The van der Waals surface area contributed by atoms with E-state index >= 15 is 0 Å². The molecule has 3 nitrogen and oxygen atoms in total. The lowest BCUT2D eigenvalue weighted by molar-refractivity contribution is 0.438. The number of imidazole rings is 1. The van der Waals surface area contributed by atoms with Crippen LogP contribution < -0.4 is 0 Å². The fourth-order valence-electron chi connectivity index (χ4n) is 0.960. The molecule has 1 aromatic rings. The smallest absolute Gasteiger partial charge is 0.161 e. The molecule has 0 unspecified atom stereocenters. The van der Waals surface area contributed by atoms with E-state index < -0.39 is 0 Å². The Morgan fingerprint density at radius 3 is 3.18 bits per heavy atom. The van der Waals surface area contributed by atoms with Gasteiger partial charge in [-0.1, -0.05) is 0 Å². The van der Waals surface area contributed by atoms with E-state index in [2.05, 4.69) is 9.55 Å². The second-order valence-corrected chi connectivity index (χ2v) is 4.19. The Hall–Kier alpha value is -0.613. The van der Waals surface area contributed by atoms with Crippen LogP contribution in [0, 0.1) is 0 Å². The van der Waals surface area contributed by atoms with Crippen molar-refractivity contribution in [3.8, 4) is 0 Å². The Balaban J connectivity index is 2.04. The molecule has 0 fully saturated rings. The minimum Gasteiger partial charge on any atom is -0.427 e. The van der Waals surface area contributed by atoms with Gasteiger partial charge in [0.2, 0.25) is 0 Å². The predicted octanol–water partition coefficient (Wildman–Crippen LogP) is 0.422. The van der Waals surface area contributed by atoms with E-state index in [-0.39, 0.29) is 9.76 Å². The number of aryl methyl sites for hydroxylation is 1. The molecule has 0 amide bonds. The summed E-state index contributed by atoms with van der Waals surface area (Å²) in [7, 11) is 1.58. The Kier molecular flexibility index (Phi) is 3.93. The number of aromatic nitrogens is 2. The van der Waals surface area contributed by atoms with Crippen LogP contribution in [0.3, 0.4) is 0 Å². The van der Waals surface area contributed by atoms with Gasteiger partial charge in [0.15, 0.2) is 9.76 Å². The van der Waals surface area contributed by atoms with Gasteiger partial charge >= 0.3 is 0 Å². The van der Waals surface area contributed by atoms with Gasteiger partial charge in [-0.25, -0.2) is 4.98 Å². The Morgan fingerprint density at radius 1 is 1.64 bits per heavy atom. The fourth-order valence-corrected chi connectivity index (χ4v) is 1.68. The first-order valence-electron chi connectivity index (χ1n) is 3.88. The molecule has 0 aliphatic heterocycles. The van der Waals surface area contributed by atoms with E-state index in [4.69, 9.17) is 4.43 Å². The predicted molar refractivity (Wildman–Crippen MR) is 47.2 cm³/mol. The van der Waals surface area contributed by atoms with E-state index in [0.29, 0.717) is 0 Å². The van der Waals surface area contributed by atoms with Crippen LogP contribution in [0.25, 0.3) is 0 Å². The van der Waals surface area contributed by atoms with Crippen molar-refractivity contribution < 1.29 is 4.43 Å². The molecule has 11 heavy (non-hydrogen) atoms. The lowest BCUT2D eigenvalue weighted by Crippen LogP contribution is -1.98. The molecule has 1 aromatic heterocycles. The highest BCUT2D eigenvalue weighted by Crippen LogP contribution is 1.94. The van der Waals surface area contributed by atoms with Gasteiger partial charge in [-0.05, 0) is 12.5 Å². The number of nitrogens with zero attached hydrogens (tertiary/aromatic N) is 2. The third kappa shape index (κ3) is 3.34. The molecule has 0 spiro atoms. The molecule has 0 aliphatic carbocycles. The van der Waals surface area contributed by atoms with Crippen LogP contribution in [0.15, 0.2) is 18.7 Å². The lowest BCUT2D eigenvalue weighted by atomic mass is 10.5. The summed E-state index contributed by atoms with van der Waals surface area (Å²) in [5.41, 5.74) is 0. The fraction of sp³-hybridized carbons (Fsp3) is 0.571. The number of hydrogen-bond donors (Lipinski definition) is 0. The van der Waals surface area contributed by atoms with Crippen LogP contribution in [0.2, 0.25) is 6.04 Å². The van der Waals surface area contributed by atoms with Crippen molar-refractivity contribution in [3.05, 3.63) is 18.7 Å². The van der Waals surface area contributed by atoms with E-state index in [9.17, 15) is 0 Å². The molecule has 0 aliphatic rings. The van der Waals surface area contributed by atoms with Crippen LogP contribution in [0.1, 0.15) is 6.42 Å². The van der Waals surface area contributed by atoms with Crippen molar-refractivity contribution in [2.75, 3.05) is 7.11 Å². The zero-order valence-corrected chi connectivity index (χ0v) is 8.28. The van der Waals surface area contributed by atoms with Crippen molar-refractivity contribution in [2.45, 2.75) is 19.0 Å². The summed E-state index contributed by atoms with van der Waals surface area (Å²) >= 11 is 0. The molecule has 1 heterocycles. The standard InChI is InChI=1S/C7H14N2OSi/c1-10-11-6-2-4-9-5-3-8-7-9/h3,5,7H,2,4,6,11H2,1H3. The van der Waals surface area contributed by atoms with Crippen molar-refractivity contribution in [1.82, 2.24) is 9.55 Å². The zero-order chi connectivity index (χ0) is 7.94. The van der Waals surface area contributed by atoms with Crippen LogP contribution in [0.5, 0.6) is 0 Å². The molecule has 0 atom stereocenters. The first-order valence-corrected chi connectivity index (χ1v) is 5.46. The van der Waals surface area contributed by atoms with Gasteiger partial charge in [-0.2, -0.15) is 0 Å².